The van der Waals surface area contributed by atoms with E-state index in [2.05, 4.69) is 9.71 Å². The topological polar surface area (TPSA) is 73.2 Å². The van der Waals surface area contributed by atoms with Gasteiger partial charge in [0.05, 0.1) is 29.2 Å². The van der Waals surface area contributed by atoms with Gasteiger partial charge in [0, 0.05) is 19.7 Å². The Hall–Kier alpha value is -1.44. The van der Waals surface area contributed by atoms with Crippen LogP contribution in [0.15, 0.2) is 30.6 Å². The van der Waals surface area contributed by atoms with Gasteiger partial charge in [0.2, 0.25) is 10.0 Å². The van der Waals surface area contributed by atoms with Crippen molar-refractivity contribution in [1.82, 2.24) is 14.3 Å². The zero-order chi connectivity index (χ0) is 14.7. The summed E-state index contributed by atoms with van der Waals surface area (Å²) < 4.78 is 33.9. The van der Waals surface area contributed by atoms with Crippen LogP contribution in [0.25, 0.3) is 11.0 Å². The monoisotopic (exact) mass is 309 g/mol. The molecule has 0 radical (unpaired) electrons. The maximum Gasteiger partial charge on any atom is 0.213 e. The third kappa shape index (κ3) is 3.61. The van der Waals surface area contributed by atoms with E-state index in [4.69, 9.17) is 4.74 Å². The molecule has 1 atom stereocenters. The standard InChI is InChI=1S/C14H19N3O3S/c18-21(19,16-10-12-4-3-8-20-12)9-7-17-11-15-13-5-1-2-6-14(13)17/h1-2,5-6,11-12,16H,3-4,7-10H2. The number of sulfonamides is 1. The number of nitrogens with one attached hydrogen (secondary N) is 1. The zero-order valence-electron chi connectivity index (χ0n) is 11.7. The quantitative estimate of drug-likeness (QED) is 0.868. The van der Waals surface area contributed by atoms with E-state index in [1.165, 1.54) is 0 Å². The number of imidazole rings is 1. The zero-order valence-corrected chi connectivity index (χ0v) is 12.6. The van der Waals surface area contributed by atoms with E-state index >= 15 is 0 Å². The molecule has 1 unspecified atom stereocenters. The van der Waals surface area contributed by atoms with Gasteiger partial charge in [0.25, 0.3) is 0 Å². The molecule has 0 aliphatic carbocycles. The molecule has 1 aromatic carbocycles. The average Bonchev–Trinajstić information content (AvgIpc) is 3.13. The number of ether oxygens (including phenoxy) is 1. The molecule has 7 heteroatoms. The first-order chi connectivity index (χ1) is 10.1. The Morgan fingerprint density at radius 2 is 2.24 bits per heavy atom. The number of hydrogen-bond donors (Lipinski definition) is 1. The van der Waals surface area contributed by atoms with Gasteiger partial charge in [-0.15, -0.1) is 0 Å². The summed E-state index contributed by atoms with van der Waals surface area (Å²) in [5.41, 5.74) is 1.83. The molecule has 114 valence electrons. The van der Waals surface area contributed by atoms with Crippen LogP contribution >= 0.6 is 0 Å². The summed E-state index contributed by atoms with van der Waals surface area (Å²) in [4.78, 5) is 4.26. The van der Waals surface area contributed by atoms with Gasteiger partial charge in [-0.2, -0.15) is 0 Å². The first-order valence-electron chi connectivity index (χ1n) is 7.13. The van der Waals surface area contributed by atoms with E-state index in [1.807, 2.05) is 28.8 Å². The third-order valence-electron chi connectivity index (χ3n) is 3.68. The molecule has 0 amide bonds. The highest BCUT2D eigenvalue weighted by Crippen LogP contribution is 2.12. The lowest BCUT2D eigenvalue weighted by molar-refractivity contribution is 0.114. The molecule has 0 bridgehead atoms. The van der Waals surface area contributed by atoms with E-state index in [0.717, 1.165) is 30.5 Å². The summed E-state index contributed by atoms with van der Waals surface area (Å²) in [5.74, 6) is 0.0417. The van der Waals surface area contributed by atoms with Crippen LogP contribution in [0.1, 0.15) is 12.8 Å². The minimum absolute atomic E-state index is 0.0221. The van der Waals surface area contributed by atoms with E-state index in [-0.39, 0.29) is 11.9 Å². The van der Waals surface area contributed by atoms with Crippen molar-refractivity contribution in [1.29, 1.82) is 0 Å². The second kappa shape index (κ2) is 6.13. The normalized spacial score (nSPS) is 19.3. The van der Waals surface area contributed by atoms with E-state index in [9.17, 15) is 8.42 Å². The van der Waals surface area contributed by atoms with Crippen LogP contribution in [0, 0.1) is 0 Å². The predicted octanol–water partition coefficient (Wildman–Crippen LogP) is 1.13. The van der Waals surface area contributed by atoms with Crippen LogP contribution in [0.4, 0.5) is 0 Å². The number of hydrogen-bond acceptors (Lipinski definition) is 4. The average molecular weight is 309 g/mol. The SMILES string of the molecule is O=S(=O)(CCn1cnc2ccccc21)NCC1CCCO1. The predicted molar refractivity (Wildman–Crippen MR) is 80.5 cm³/mol. The van der Waals surface area contributed by atoms with Crippen LogP contribution in [-0.2, 0) is 21.3 Å². The fraction of sp³-hybridized carbons (Fsp3) is 0.500. The van der Waals surface area contributed by atoms with Crippen molar-refractivity contribution in [3.8, 4) is 0 Å². The number of nitrogens with zero attached hydrogens (tertiary/aromatic N) is 2. The number of aromatic nitrogens is 2. The third-order valence-corrected chi connectivity index (χ3v) is 5.01. The summed E-state index contributed by atoms with van der Waals surface area (Å²) in [5, 5.41) is 0. The van der Waals surface area contributed by atoms with Crippen molar-refractivity contribution in [3.05, 3.63) is 30.6 Å². The van der Waals surface area contributed by atoms with E-state index < -0.39 is 10.0 Å². The first-order valence-corrected chi connectivity index (χ1v) is 8.78. The summed E-state index contributed by atoms with van der Waals surface area (Å²) in [6, 6.07) is 7.69. The molecule has 21 heavy (non-hydrogen) atoms. The molecule has 3 rings (SSSR count). The van der Waals surface area contributed by atoms with Crippen molar-refractivity contribution in [2.45, 2.75) is 25.5 Å². The second-order valence-corrected chi connectivity index (χ2v) is 7.16. The van der Waals surface area contributed by atoms with Crippen molar-refractivity contribution >= 4 is 21.1 Å². The number of aryl methyl sites for hydroxylation is 1. The Morgan fingerprint density at radius 3 is 3.05 bits per heavy atom. The molecule has 1 aliphatic heterocycles. The molecule has 2 aromatic rings. The lowest BCUT2D eigenvalue weighted by atomic mass is 10.2. The molecule has 1 fully saturated rings. The minimum atomic E-state index is -3.29. The van der Waals surface area contributed by atoms with Gasteiger partial charge in [-0.05, 0) is 25.0 Å². The maximum atomic E-state index is 12.0. The van der Waals surface area contributed by atoms with Crippen LogP contribution in [-0.4, -0.2) is 43.0 Å². The van der Waals surface area contributed by atoms with Gasteiger partial charge >= 0.3 is 0 Å². The van der Waals surface area contributed by atoms with Gasteiger partial charge in [-0.3, -0.25) is 0 Å². The Kier molecular flexibility index (Phi) is 4.23. The van der Waals surface area contributed by atoms with Crippen molar-refractivity contribution < 1.29 is 13.2 Å². The van der Waals surface area contributed by atoms with Crippen molar-refractivity contribution in [3.63, 3.8) is 0 Å². The van der Waals surface area contributed by atoms with E-state index in [1.54, 1.807) is 6.33 Å². The number of fused-ring (bicyclic) bond motifs is 1. The molecular formula is C14H19N3O3S. The highest BCUT2D eigenvalue weighted by Gasteiger charge is 2.19. The van der Waals surface area contributed by atoms with Crippen molar-refractivity contribution in [2.75, 3.05) is 18.9 Å². The van der Waals surface area contributed by atoms with Crippen LogP contribution in [0.2, 0.25) is 0 Å². The molecule has 0 spiro atoms. The smallest absolute Gasteiger partial charge is 0.213 e. The second-order valence-electron chi connectivity index (χ2n) is 5.23. The lowest BCUT2D eigenvalue weighted by Gasteiger charge is -2.11. The molecule has 2 heterocycles. The van der Waals surface area contributed by atoms with Gasteiger partial charge in [-0.1, -0.05) is 12.1 Å². The molecule has 1 N–H and O–H groups in total. The summed E-state index contributed by atoms with van der Waals surface area (Å²) in [7, 11) is -3.29. The molecule has 6 nitrogen and oxygen atoms in total. The van der Waals surface area contributed by atoms with Crippen molar-refractivity contribution in [2.24, 2.45) is 0 Å². The first kappa shape index (κ1) is 14.5. The fourth-order valence-corrected chi connectivity index (χ4v) is 3.53. The largest absolute Gasteiger partial charge is 0.377 e. The summed E-state index contributed by atoms with van der Waals surface area (Å²) in [6.45, 7) is 1.49. The van der Waals surface area contributed by atoms with Gasteiger partial charge in [-0.25, -0.2) is 18.1 Å². The Bertz CT molecular complexity index is 705. The van der Waals surface area contributed by atoms with Gasteiger partial charge < -0.3 is 9.30 Å². The Balaban J connectivity index is 1.58. The molecule has 1 saturated heterocycles. The minimum Gasteiger partial charge on any atom is -0.377 e. The molecule has 0 saturated carbocycles. The van der Waals surface area contributed by atoms with Gasteiger partial charge in [0.1, 0.15) is 0 Å². The number of para-hydroxylation sites is 2. The highest BCUT2D eigenvalue weighted by molar-refractivity contribution is 7.89. The maximum absolute atomic E-state index is 12.0. The molecular weight excluding hydrogens is 290 g/mol. The van der Waals surface area contributed by atoms with Crippen LogP contribution in [0.3, 0.4) is 0 Å². The van der Waals surface area contributed by atoms with E-state index in [0.29, 0.717) is 13.1 Å². The molecule has 1 aromatic heterocycles. The Labute approximate surface area is 124 Å². The number of rotatable bonds is 6. The summed E-state index contributed by atoms with van der Waals surface area (Å²) >= 11 is 0. The van der Waals surface area contributed by atoms with Gasteiger partial charge in [0.15, 0.2) is 0 Å². The number of benzene rings is 1. The Morgan fingerprint density at radius 1 is 1.38 bits per heavy atom. The van der Waals surface area contributed by atoms with Crippen LogP contribution < -0.4 is 4.72 Å². The van der Waals surface area contributed by atoms with Crippen LogP contribution in [0.5, 0.6) is 0 Å². The fourth-order valence-electron chi connectivity index (χ4n) is 2.50. The summed E-state index contributed by atoms with van der Waals surface area (Å²) in [6.07, 6.45) is 3.64. The highest BCUT2D eigenvalue weighted by atomic mass is 32.2. The lowest BCUT2D eigenvalue weighted by Crippen LogP contribution is -2.34. The molecule has 1 aliphatic rings.